The van der Waals surface area contributed by atoms with Gasteiger partial charge in [0.25, 0.3) is 0 Å². The Morgan fingerprint density at radius 2 is 2.06 bits per heavy atom. The van der Waals surface area contributed by atoms with Crippen LogP contribution in [-0.4, -0.2) is 48.6 Å². The monoisotopic (exact) mass is 435 g/mol. The largest absolute Gasteiger partial charge is 0.370 e. The van der Waals surface area contributed by atoms with E-state index >= 15 is 0 Å². The van der Waals surface area contributed by atoms with Crippen molar-refractivity contribution in [3.63, 3.8) is 0 Å². The molecule has 3 aromatic rings. The average molecular weight is 436 g/mol. The van der Waals surface area contributed by atoms with Crippen molar-refractivity contribution in [3.8, 4) is 11.3 Å². The summed E-state index contributed by atoms with van der Waals surface area (Å²) in [7, 11) is -3.33. The van der Waals surface area contributed by atoms with E-state index in [4.69, 9.17) is 4.98 Å². The van der Waals surface area contributed by atoms with Crippen molar-refractivity contribution in [3.05, 3.63) is 60.7 Å². The van der Waals surface area contributed by atoms with Crippen LogP contribution in [0.2, 0.25) is 0 Å². The maximum atomic E-state index is 13.2. The van der Waals surface area contributed by atoms with Gasteiger partial charge in [-0.3, -0.25) is 9.78 Å². The van der Waals surface area contributed by atoms with Crippen molar-refractivity contribution in [2.75, 3.05) is 29.6 Å². The molecule has 1 N–H and O–H groups in total. The van der Waals surface area contributed by atoms with Gasteiger partial charge in [-0.15, -0.1) is 0 Å². The van der Waals surface area contributed by atoms with Gasteiger partial charge in [-0.2, -0.15) is 0 Å². The summed E-state index contributed by atoms with van der Waals surface area (Å²) in [6, 6.07) is 10.6. The number of nitrogens with zero attached hydrogens (tertiary/aromatic N) is 4. The molecule has 2 atom stereocenters. The van der Waals surface area contributed by atoms with Crippen LogP contribution in [-0.2, 0) is 14.6 Å². The molecule has 158 valence electrons. The van der Waals surface area contributed by atoms with Crippen molar-refractivity contribution in [2.45, 2.75) is 17.2 Å². The first-order valence-corrected chi connectivity index (χ1v) is 11.9. The summed E-state index contributed by atoms with van der Waals surface area (Å²) < 4.78 is 23.9. The van der Waals surface area contributed by atoms with Gasteiger partial charge in [-0.25, -0.2) is 18.4 Å². The normalized spacial score (nSPS) is 19.7. The molecule has 0 spiro atoms. The molecule has 0 aliphatic carbocycles. The number of hydrogen-bond acceptors (Lipinski definition) is 7. The second kappa shape index (κ2) is 7.42. The number of benzene rings is 1. The smallest absolute Gasteiger partial charge is 0.235 e. The van der Waals surface area contributed by atoms with Crippen LogP contribution in [0.5, 0.6) is 0 Å². The molecule has 1 amide bonds. The predicted octanol–water partition coefficient (Wildman–Crippen LogP) is 2.50. The van der Waals surface area contributed by atoms with E-state index in [-0.39, 0.29) is 16.7 Å². The molecule has 2 aromatic heterocycles. The highest BCUT2D eigenvalue weighted by Gasteiger charge is 2.43. The van der Waals surface area contributed by atoms with Gasteiger partial charge in [-0.05, 0) is 36.6 Å². The molecule has 5 rings (SSSR count). The molecule has 1 fully saturated rings. The average Bonchev–Trinajstić information content (AvgIpc) is 3.18. The molecule has 0 saturated carbocycles. The van der Waals surface area contributed by atoms with Crippen LogP contribution in [0.25, 0.3) is 11.3 Å². The number of carbonyl (C=O) groups excluding carboxylic acids is 1. The predicted molar refractivity (Wildman–Crippen MR) is 117 cm³/mol. The molecule has 9 heteroatoms. The fraction of sp³-hybridized carbons (Fsp3) is 0.273. The second-order valence-electron chi connectivity index (χ2n) is 7.95. The minimum atomic E-state index is -3.33. The summed E-state index contributed by atoms with van der Waals surface area (Å²) in [5, 5.41) is 2.87. The lowest BCUT2D eigenvalue weighted by Gasteiger charge is -2.32. The Bertz CT molecular complexity index is 1260. The highest BCUT2D eigenvalue weighted by molar-refractivity contribution is 7.90. The summed E-state index contributed by atoms with van der Waals surface area (Å²) in [5.74, 6) is 0.0115. The first-order chi connectivity index (χ1) is 14.9. The van der Waals surface area contributed by atoms with Gasteiger partial charge in [0.1, 0.15) is 0 Å². The Kier molecular flexibility index (Phi) is 4.70. The lowest BCUT2D eigenvalue weighted by molar-refractivity contribution is -0.118. The third-order valence-corrected chi connectivity index (χ3v) is 7.00. The fourth-order valence-corrected chi connectivity index (χ4v) is 5.08. The van der Waals surface area contributed by atoms with Gasteiger partial charge in [0.2, 0.25) is 5.91 Å². The first-order valence-electron chi connectivity index (χ1n) is 10.0. The van der Waals surface area contributed by atoms with E-state index in [9.17, 15) is 13.2 Å². The number of hydrogen-bond donors (Lipinski definition) is 1. The number of pyridine rings is 1. The van der Waals surface area contributed by atoms with E-state index in [1.807, 2.05) is 18.2 Å². The molecule has 1 unspecified atom stereocenters. The van der Waals surface area contributed by atoms with Crippen LogP contribution in [0.15, 0.2) is 59.9 Å². The molecular formula is C22H21N5O3S. The van der Waals surface area contributed by atoms with Crippen LogP contribution in [0.4, 0.5) is 11.5 Å². The van der Waals surface area contributed by atoms with Gasteiger partial charge in [0, 0.05) is 37.3 Å². The van der Waals surface area contributed by atoms with Crippen LogP contribution in [0.1, 0.15) is 18.0 Å². The Morgan fingerprint density at radius 3 is 2.84 bits per heavy atom. The molecule has 2 aliphatic heterocycles. The van der Waals surface area contributed by atoms with Gasteiger partial charge in [0.15, 0.2) is 15.7 Å². The lowest BCUT2D eigenvalue weighted by Crippen LogP contribution is -2.36. The highest BCUT2D eigenvalue weighted by atomic mass is 32.2. The second-order valence-corrected chi connectivity index (χ2v) is 9.97. The third-order valence-electron chi connectivity index (χ3n) is 5.89. The standard InChI is InChI=1S/C22H21N5O3S/c1-31(29,30)16-4-2-3-14(11-16)17-5-6-18-21(25-17)20(15-7-10-27(18)13-15)22(28)26-19-12-23-8-9-24-19/h2-6,8-9,11-12,15,20H,7,10,13H2,1H3,(H,24,26,28)/t15-,20?/m0/s1. The third kappa shape index (κ3) is 3.65. The van der Waals surface area contributed by atoms with Gasteiger partial charge in [-0.1, -0.05) is 12.1 Å². The van der Waals surface area contributed by atoms with E-state index in [0.717, 1.165) is 30.9 Å². The molecule has 1 aromatic carbocycles. The van der Waals surface area contributed by atoms with Gasteiger partial charge < -0.3 is 10.2 Å². The molecule has 1 saturated heterocycles. The zero-order valence-electron chi connectivity index (χ0n) is 16.9. The summed E-state index contributed by atoms with van der Waals surface area (Å²) in [4.78, 5) is 28.7. The summed E-state index contributed by atoms with van der Waals surface area (Å²) in [6.07, 6.45) is 6.70. The highest BCUT2D eigenvalue weighted by Crippen LogP contribution is 2.44. The number of nitrogens with one attached hydrogen (secondary N) is 1. The van der Waals surface area contributed by atoms with E-state index in [0.29, 0.717) is 17.1 Å². The summed E-state index contributed by atoms with van der Waals surface area (Å²) in [5.41, 5.74) is 3.02. The number of anilines is 2. The van der Waals surface area contributed by atoms with Gasteiger partial charge in [0.05, 0.1) is 34.1 Å². The number of carbonyl (C=O) groups is 1. The lowest BCUT2D eigenvalue weighted by atomic mass is 9.84. The maximum absolute atomic E-state index is 13.2. The summed E-state index contributed by atoms with van der Waals surface area (Å²) >= 11 is 0. The zero-order valence-corrected chi connectivity index (χ0v) is 17.7. The number of aromatic nitrogens is 3. The van der Waals surface area contributed by atoms with Crippen molar-refractivity contribution in [1.29, 1.82) is 0 Å². The van der Waals surface area contributed by atoms with Crippen molar-refractivity contribution < 1.29 is 13.2 Å². The van der Waals surface area contributed by atoms with E-state index in [1.165, 1.54) is 18.6 Å². The fourth-order valence-electron chi connectivity index (χ4n) is 4.42. The van der Waals surface area contributed by atoms with Crippen LogP contribution >= 0.6 is 0 Å². The molecule has 2 aliphatic rings. The van der Waals surface area contributed by atoms with E-state index in [2.05, 4.69) is 20.2 Å². The molecule has 4 heterocycles. The number of fused-ring (bicyclic) bond motifs is 4. The Morgan fingerprint density at radius 1 is 1.19 bits per heavy atom. The molecular weight excluding hydrogens is 414 g/mol. The molecule has 31 heavy (non-hydrogen) atoms. The summed E-state index contributed by atoms with van der Waals surface area (Å²) in [6.45, 7) is 1.70. The van der Waals surface area contributed by atoms with Crippen LogP contribution in [0.3, 0.4) is 0 Å². The van der Waals surface area contributed by atoms with E-state index < -0.39 is 15.8 Å². The van der Waals surface area contributed by atoms with Crippen molar-refractivity contribution >= 4 is 27.2 Å². The first kappa shape index (κ1) is 19.6. The van der Waals surface area contributed by atoms with Crippen molar-refractivity contribution in [1.82, 2.24) is 15.0 Å². The minimum absolute atomic E-state index is 0.150. The zero-order chi connectivity index (χ0) is 21.6. The Hall–Kier alpha value is -3.33. The molecule has 0 radical (unpaired) electrons. The SMILES string of the molecule is CS(=O)(=O)c1cccc(-c2ccc3c(n2)C(C(=O)Nc2cnccn2)[C@H]2CCN3C2)c1. The Balaban J connectivity index is 1.55. The van der Waals surface area contributed by atoms with Crippen molar-refractivity contribution in [2.24, 2.45) is 5.92 Å². The number of sulfone groups is 1. The van der Waals surface area contributed by atoms with E-state index in [1.54, 1.807) is 24.4 Å². The maximum Gasteiger partial charge on any atom is 0.235 e. The quantitative estimate of drug-likeness (QED) is 0.671. The van der Waals surface area contributed by atoms with Crippen LogP contribution < -0.4 is 10.2 Å². The topological polar surface area (TPSA) is 105 Å². The minimum Gasteiger partial charge on any atom is -0.370 e. The molecule has 8 nitrogen and oxygen atoms in total. The number of rotatable bonds is 4. The molecule has 2 bridgehead atoms. The Labute approximate surface area is 180 Å². The van der Waals surface area contributed by atoms with Gasteiger partial charge >= 0.3 is 0 Å². The van der Waals surface area contributed by atoms with Crippen LogP contribution in [0, 0.1) is 5.92 Å². The number of amides is 1.